The van der Waals surface area contributed by atoms with Crippen LogP contribution in [0.1, 0.15) is 25.7 Å². The number of aliphatic hydroxyl groups is 1. The van der Waals surface area contributed by atoms with Gasteiger partial charge in [0.15, 0.2) is 0 Å². The second-order valence-electron chi connectivity index (χ2n) is 4.58. The number of hydrogen-bond acceptors (Lipinski definition) is 7. The van der Waals surface area contributed by atoms with E-state index in [0.717, 1.165) is 12.8 Å². The van der Waals surface area contributed by atoms with Crippen molar-refractivity contribution in [1.82, 2.24) is 9.97 Å². The maximum atomic E-state index is 11.1. The average Bonchev–Trinajstić information content (AvgIpc) is 2.40. The zero-order valence-electron chi connectivity index (χ0n) is 10.7. The molecular weight excluding hydrogens is 250 g/mol. The lowest BCUT2D eigenvalue weighted by Gasteiger charge is -2.26. The van der Waals surface area contributed by atoms with Crippen LogP contribution in [-0.2, 0) is 0 Å². The van der Waals surface area contributed by atoms with Crippen molar-refractivity contribution in [2.45, 2.75) is 37.8 Å². The summed E-state index contributed by atoms with van der Waals surface area (Å²) in [4.78, 5) is 18.4. The molecular formula is C11H17N5O3. The van der Waals surface area contributed by atoms with Gasteiger partial charge in [-0.25, -0.2) is 9.97 Å². The Kier molecular flexibility index (Phi) is 4.10. The molecule has 1 saturated carbocycles. The molecule has 8 heteroatoms. The van der Waals surface area contributed by atoms with E-state index in [9.17, 15) is 15.2 Å². The number of anilines is 2. The van der Waals surface area contributed by atoms with Crippen LogP contribution in [0.2, 0.25) is 0 Å². The summed E-state index contributed by atoms with van der Waals surface area (Å²) in [6.45, 7) is 0. The molecule has 8 nitrogen and oxygen atoms in total. The predicted octanol–water partition coefficient (Wildman–Crippen LogP) is 1.14. The molecule has 3 N–H and O–H groups in total. The molecule has 0 bridgehead atoms. The fraction of sp³-hybridized carbons (Fsp3) is 0.636. The zero-order valence-corrected chi connectivity index (χ0v) is 10.7. The third-order valence-electron chi connectivity index (χ3n) is 3.28. The van der Waals surface area contributed by atoms with Crippen molar-refractivity contribution < 1.29 is 10.0 Å². The molecule has 1 heterocycles. The zero-order chi connectivity index (χ0) is 13.8. The van der Waals surface area contributed by atoms with E-state index in [1.54, 1.807) is 7.05 Å². The van der Waals surface area contributed by atoms with E-state index in [4.69, 9.17) is 0 Å². The summed E-state index contributed by atoms with van der Waals surface area (Å²) in [5.74, 6) is 0.420. The monoisotopic (exact) mass is 267 g/mol. The lowest BCUT2D eigenvalue weighted by Crippen LogP contribution is -2.29. The normalized spacial score (nSPS) is 22.8. The first-order valence-electron chi connectivity index (χ1n) is 6.23. The van der Waals surface area contributed by atoms with Gasteiger partial charge in [-0.1, -0.05) is 0 Å². The van der Waals surface area contributed by atoms with E-state index in [0.29, 0.717) is 12.8 Å². The molecule has 1 aliphatic rings. The van der Waals surface area contributed by atoms with Crippen LogP contribution in [0, 0.1) is 10.1 Å². The lowest BCUT2D eigenvalue weighted by atomic mass is 9.93. The van der Waals surface area contributed by atoms with Crippen LogP contribution in [0.5, 0.6) is 0 Å². The van der Waals surface area contributed by atoms with Gasteiger partial charge in [0.1, 0.15) is 6.33 Å². The minimum Gasteiger partial charge on any atom is -0.393 e. The fourth-order valence-corrected chi connectivity index (χ4v) is 2.25. The predicted molar refractivity (Wildman–Crippen MR) is 70.1 cm³/mol. The first-order valence-corrected chi connectivity index (χ1v) is 6.23. The van der Waals surface area contributed by atoms with E-state index >= 15 is 0 Å². The molecule has 0 aromatic carbocycles. The standard InChI is InChI=1S/C11H17N5O3/c1-12-10-9(16(18)19)11(14-6-13-10)15-7-2-4-8(17)5-3-7/h6-8,17H,2-5H2,1H3,(H2,12,13,14,15). The van der Waals surface area contributed by atoms with Gasteiger partial charge < -0.3 is 15.7 Å². The largest absolute Gasteiger partial charge is 0.393 e. The highest BCUT2D eigenvalue weighted by Crippen LogP contribution is 2.30. The fourth-order valence-electron chi connectivity index (χ4n) is 2.25. The number of aromatic nitrogens is 2. The Labute approximate surface area is 110 Å². The van der Waals surface area contributed by atoms with Crippen LogP contribution >= 0.6 is 0 Å². The Morgan fingerprint density at radius 3 is 2.53 bits per heavy atom. The van der Waals surface area contributed by atoms with E-state index in [-0.39, 0.29) is 29.5 Å². The number of nitrogens with one attached hydrogen (secondary N) is 2. The van der Waals surface area contributed by atoms with E-state index < -0.39 is 4.92 Å². The molecule has 2 rings (SSSR count). The van der Waals surface area contributed by atoms with Crippen LogP contribution in [0.4, 0.5) is 17.3 Å². The Morgan fingerprint density at radius 1 is 1.32 bits per heavy atom. The summed E-state index contributed by atoms with van der Waals surface area (Å²) in [6.07, 6.45) is 3.99. The summed E-state index contributed by atoms with van der Waals surface area (Å²) in [7, 11) is 1.58. The minimum atomic E-state index is -0.494. The summed E-state index contributed by atoms with van der Waals surface area (Å²) in [5, 5.41) is 26.3. The van der Waals surface area contributed by atoms with Crippen LogP contribution in [0.25, 0.3) is 0 Å². The van der Waals surface area contributed by atoms with Crippen molar-refractivity contribution in [2.24, 2.45) is 0 Å². The quantitative estimate of drug-likeness (QED) is 0.553. The maximum absolute atomic E-state index is 11.1. The van der Waals surface area contributed by atoms with Crippen molar-refractivity contribution in [3.05, 3.63) is 16.4 Å². The maximum Gasteiger partial charge on any atom is 0.353 e. The average molecular weight is 267 g/mol. The van der Waals surface area contributed by atoms with Crippen LogP contribution < -0.4 is 10.6 Å². The SMILES string of the molecule is CNc1ncnc(NC2CCC(O)CC2)c1[N+](=O)[O-]. The van der Waals surface area contributed by atoms with Gasteiger partial charge in [0.05, 0.1) is 11.0 Å². The first-order chi connectivity index (χ1) is 9.11. The highest BCUT2D eigenvalue weighted by atomic mass is 16.6. The molecule has 104 valence electrons. The minimum absolute atomic E-state index is 0.0988. The van der Waals surface area contributed by atoms with Gasteiger partial charge in [-0.05, 0) is 25.7 Å². The van der Waals surface area contributed by atoms with Crippen molar-refractivity contribution in [1.29, 1.82) is 0 Å². The number of nitro groups is 1. The van der Waals surface area contributed by atoms with Crippen molar-refractivity contribution in [2.75, 3.05) is 17.7 Å². The summed E-state index contributed by atoms with van der Waals surface area (Å²) >= 11 is 0. The lowest BCUT2D eigenvalue weighted by molar-refractivity contribution is -0.383. The molecule has 0 amide bonds. The molecule has 0 atom stereocenters. The van der Waals surface area contributed by atoms with Crippen LogP contribution in [0.3, 0.4) is 0 Å². The molecule has 1 fully saturated rings. The van der Waals surface area contributed by atoms with Gasteiger partial charge in [-0.15, -0.1) is 0 Å². The smallest absolute Gasteiger partial charge is 0.353 e. The molecule has 0 aliphatic heterocycles. The third kappa shape index (κ3) is 3.08. The molecule has 1 aromatic rings. The van der Waals surface area contributed by atoms with Gasteiger partial charge in [0.25, 0.3) is 0 Å². The summed E-state index contributed by atoms with van der Waals surface area (Å²) < 4.78 is 0. The molecule has 1 aliphatic carbocycles. The molecule has 19 heavy (non-hydrogen) atoms. The van der Waals surface area contributed by atoms with Crippen molar-refractivity contribution >= 4 is 17.3 Å². The topological polar surface area (TPSA) is 113 Å². The Morgan fingerprint density at radius 2 is 1.95 bits per heavy atom. The molecule has 0 unspecified atom stereocenters. The summed E-state index contributed by atoms with van der Waals surface area (Å²) in [6, 6.07) is 0.0988. The number of rotatable bonds is 4. The Hall–Kier alpha value is -1.96. The third-order valence-corrected chi connectivity index (χ3v) is 3.28. The molecule has 1 aromatic heterocycles. The van der Waals surface area contributed by atoms with E-state index in [2.05, 4.69) is 20.6 Å². The van der Waals surface area contributed by atoms with Gasteiger partial charge in [0, 0.05) is 13.1 Å². The second-order valence-corrected chi connectivity index (χ2v) is 4.58. The number of hydrogen-bond donors (Lipinski definition) is 3. The molecule has 0 saturated heterocycles. The van der Waals surface area contributed by atoms with E-state index in [1.807, 2.05) is 0 Å². The Balaban J connectivity index is 2.17. The number of nitrogens with zero attached hydrogens (tertiary/aromatic N) is 3. The van der Waals surface area contributed by atoms with Gasteiger partial charge in [0.2, 0.25) is 11.6 Å². The molecule has 0 radical (unpaired) electrons. The van der Waals surface area contributed by atoms with Crippen LogP contribution in [-0.4, -0.2) is 39.2 Å². The second kappa shape index (κ2) is 5.79. The van der Waals surface area contributed by atoms with Crippen molar-refractivity contribution in [3.8, 4) is 0 Å². The number of aliphatic hydroxyl groups excluding tert-OH is 1. The van der Waals surface area contributed by atoms with E-state index in [1.165, 1.54) is 6.33 Å². The van der Waals surface area contributed by atoms with Crippen LogP contribution in [0.15, 0.2) is 6.33 Å². The van der Waals surface area contributed by atoms with Crippen molar-refractivity contribution in [3.63, 3.8) is 0 Å². The van der Waals surface area contributed by atoms with Gasteiger partial charge in [-0.2, -0.15) is 0 Å². The highest BCUT2D eigenvalue weighted by Gasteiger charge is 2.26. The van der Waals surface area contributed by atoms with Gasteiger partial charge in [-0.3, -0.25) is 10.1 Å². The first kappa shape index (κ1) is 13.5. The Bertz CT molecular complexity index is 460. The van der Waals surface area contributed by atoms with Gasteiger partial charge >= 0.3 is 5.69 Å². The molecule has 0 spiro atoms. The summed E-state index contributed by atoms with van der Waals surface area (Å²) in [5.41, 5.74) is -0.142. The highest BCUT2D eigenvalue weighted by molar-refractivity contribution is 5.69.